The smallest absolute Gasteiger partial charge is 0.338 e. The maximum Gasteiger partial charge on any atom is 0.338 e. The lowest BCUT2D eigenvalue weighted by molar-refractivity contribution is 0.0472. The van der Waals surface area contributed by atoms with E-state index in [-0.39, 0.29) is 12.2 Å². The summed E-state index contributed by atoms with van der Waals surface area (Å²) in [5, 5.41) is 0. The van der Waals surface area contributed by atoms with Crippen LogP contribution in [-0.2, 0) is 11.3 Å². The summed E-state index contributed by atoms with van der Waals surface area (Å²) in [5.74, 6) is -0.271. The number of carbonyl (C=O) groups is 1. The lowest BCUT2D eigenvalue weighted by Gasteiger charge is -2.07. The number of rotatable bonds is 4. The van der Waals surface area contributed by atoms with Crippen LogP contribution in [-0.4, -0.2) is 13.1 Å². The van der Waals surface area contributed by atoms with Gasteiger partial charge in [0.2, 0.25) is 0 Å². The van der Waals surface area contributed by atoms with Crippen LogP contribution in [0.3, 0.4) is 0 Å². The summed E-state index contributed by atoms with van der Waals surface area (Å²) in [5.41, 5.74) is 1.51. The highest BCUT2D eigenvalue weighted by molar-refractivity contribution is 5.89. The number of hydrogen-bond donors (Lipinski definition) is 0. The fourth-order valence-electron chi connectivity index (χ4n) is 1.71. The number of esters is 1. The van der Waals surface area contributed by atoms with Crippen molar-refractivity contribution in [3.8, 4) is 5.75 Å². The molecule has 0 aliphatic carbocycles. The molecule has 0 N–H and O–H groups in total. The average molecular weight is 274 g/mol. The second kappa shape index (κ2) is 6.19. The summed E-state index contributed by atoms with van der Waals surface area (Å²) in [7, 11) is 1.57. The first kappa shape index (κ1) is 14.1. The highest BCUT2D eigenvalue weighted by Crippen LogP contribution is 2.15. The van der Waals surface area contributed by atoms with E-state index in [1.807, 2.05) is 12.1 Å². The number of halogens is 1. The summed E-state index contributed by atoms with van der Waals surface area (Å²) < 4.78 is 23.6. The predicted molar refractivity (Wildman–Crippen MR) is 73.3 cm³/mol. The van der Waals surface area contributed by atoms with E-state index < -0.39 is 11.8 Å². The van der Waals surface area contributed by atoms with E-state index in [0.29, 0.717) is 11.3 Å². The molecule has 0 fully saturated rings. The summed E-state index contributed by atoms with van der Waals surface area (Å²) in [6, 6.07) is 11.5. The molecule has 0 aliphatic heterocycles. The van der Waals surface area contributed by atoms with Gasteiger partial charge in [-0.1, -0.05) is 18.2 Å². The van der Waals surface area contributed by atoms with Gasteiger partial charge in [-0.2, -0.15) is 0 Å². The molecule has 104 valence electrons. The topological polar surface area (TPSA) is 35.5 Å². The van der Waals surface area contributed by atoms with Crippen molar-refractivity contribution in [2.45, 2.75) is 13.5 Å². The van der Waals surface area contributed by atoms with Gasteiger partial charge < -0.3 is 9.47 Å². The van der Waals surface area contributed by atoms with Crippen LogP contribution in [0, 0.1) is 12.7 Å². The number of ether oxygens (including phenoxy) is 2. The first-order chi connectivity index (χ1) is 9.60. The molecule has 0 atom stereocenters. The number of aryl methyl sites for hydroxylation is 1. The van der Waals surface area contributed by atoms with Crippen LogP contribution in [0.4, 0.5) is 4.39 Å². The first-order valence-corrected chi connectivity index (χ1v) is 6.16. The van der Waals surface area contributed by atoms with Crippen LogP contribution in [0.25, 0.3) is 0 Å². The zero-order valence-corrected chi connectivity index (χ0v) is 11.4. The Hall–Kier alpha value is -2.36. The van der Waals surface area contributed by atoms with Gasteiger partial charge in [-0.15, -0.1) is 0 Å². The third kappa shape index (κ3) is 3.35. The fourth-order valence-corrected chi connectivity index (χ4v) is 1.71. The highest BCUT2D eigenvalue weighted by Gasteiger charge is 2.10. The molecular formula is C16H15FO3. The lowest BCUT2D eigenvalue weighted by Crippen LogP contribution is -2.06. The van der Waals surface area contributed by atoms with Crippen LogP contribution in [0.1, 0.15) is 21.5 Å². The zero-order valence-electron chi connectivity index (χ0n) is 11.4. The largest absolute Gasteiger partial charge is 0.497 e. The molecule has 0 aliphatic rings. The van der Waals surface area contributed by atoms with Crippen molar-refractivity contribution in [3.63, 3.8) is 0 Å². The van der Waals surface area contributed by atoms with Crippen molar-refractivity contribution in [1.29, 1.82) is 0 Å². The minimum absolute atomic E-state index is 0.117. The quantitative estimate of drug-likeness (QED) is 0.800. The van der Waals surface area contributed by atoms with E-state index in [4.69, 9.17) is 9.47 Å². The van der Waals surface area contributed by atoms with E-state index in [1.54, 1.807) is 38.3 Å². The molecule has 0 saturated carbocycles. The van der Waals surface area contributed by atoms with Gasteiger partial charge in [0.1, 0.15) is 18.2 Å². The summed E-state index contributed by atoms with van der Waals surface area (Å²) in [6.45, 7) is 1.76. The second-order valence-electron chi connectivity index (χ2n) is 4.39. The maximum atomic E-state index is 13.4. The molecule has 0 aromatic heterocycles. The zero-order chi connectivity index (χ0) is 14.5. The van der Waals surface area contributed by atoms with E-state index >= 15 is 0 Å². The molecule has 0 radical (unpaired) electrons. The van der Waals surface area contributed by atoms with Gasteiger partial charge in [0.25, 0.3) is 0 Å². The van der Waals surface area contributed by atoms with E-state index in [1.165, 1.54) is 6.07 Å². The number of methoxy groups -OCH3 is 1. The van der Waals surface area contributed by atoms with Crippen molar-refractivity contribution < 1.29 is 18.7 Å². The molecule has 0 heterocycles. The molecule has 4 heteroatoms. The van der Waals surface area contributed by atoms with Crippen LogP contribution >= 0.6 is 0 Å². The van der Waals surface area contributed by atoms with Crippen molar-refractivity contribution >= 4 is 5.97 Å². The Labute approximate surface area is 117 Å². The molecule has 0 bridgehead atoms. The molecule has 20 heavy (non-hydrogen) atoms. The van der Waals surface area contributed by atoms with Gasteiger partial charge in [0.05, 0.1) is 12.7 Å². The molecule has 2 rings (SSSR count). The SMILES string of the molecule is COc1cccc(COC(=O)c2ccc(C)c(F)c2)c1. The molecular weight excluding hydrogens is 259 g/mol. The summed E-state index contributed by atoms with van der Waals surface area (Å²) in [4.78, 5) is 11.8. The Bertz CT molecular complexity index is 623. The molecule has 0 saturated heterocycles. The van der Waals surface area contributed by atoms with E-state index in [2.05, 4.69) is 0 Å². The van der Waals surface area contributed by atoms with Crippen molar-refractivity contribution in [1.82, 2.24) is 0 Å². The fraction of sp³-hybridized carbons (Fsp3) is 0.188. The summed E-state index contributed by atoms with van der Waals surface area (Å²) in [6.07, 6.45) is 0. The molecule has 3 nitrogen and oxygen atoms in total. The Kier molecular flexibility index (Phi) is 4.35. The van der Waals surface area contributed by atoms with Gasteiger partial charge in [-0.3, -0.25) is 0 Å². The molecule has 2 aromatic carbocycles. The predicted octanol–water partition coefficient (Wildman–Crippen LogP) is 3.50. The number of benzene rings is 2. The van der Waals surface area contributed by atoms with Crippen LogP contribution < -0.4 is 4.74 Å². The molecule has 0 unspecified atom stereocenters. The standard InChI is InChI=1S/C16H15FO3/c1-11-6-7-13(9-15(11)17)16(18)20-10-12-4-3-5-14(8-12)19-2/h3-9H,10H2,1-2H3. The van der Waals surface area contributed by atoms with Crippen LogP contribution in [0.5, 0.6) is 5.75 Å². The average Bonchev–Trinajstić information content (AvgIpc) is 2.47. The summed E-state index contributed by atoms with van der Waals surface area (Å²) >= 11 is 0. The van der Waals surface area contributed by atoms with Crippen molar-refractivity contribution in [2.24, 2.45) is 0 Å². The monoisotopic (exact) mass is 274 g/mol. The maximum absolute atomic E-state index is 13.4. The van der Waals surface area contributed by atoms with Crippen molar-refractivity contribution in [2.75, 3.05) is 7.11 Å². The van der Waals surface area contributed by atoms with Crippen molar-refractivity contribution in [3.05, 3.63) is 65.0 Å². The Morgan fingerprint density at radius 1 is 1.20 bits per heavy atom. The normalized spacial score (nSPS) is 10.2. The Morgan fingerprint density at radius 2 is 2.00 bits per heavy atom. The van der Waals surface area contributed by atoms with Crippen LogP contribution in [0.15, 0.2) is 42.5 Å². The number of hydrogen-bond acceptors (Lipinski definition) is 3. The first-order valence-electron chi connectivity index (χ1n) is 6.16. The van der Waals surface area contributed by atoms with Gasteiger partial charge in [-0.25, -0.2) is 9.18 Å². The van der Waals surface area contributed by atoms with Gasteiger partial charge in [-0.05, 0) is 42.3 Å². The van der Waals surface area contributed by atoms with E-state index in [0.717, 1.165) is 5.56 Å². The molecule has 0 amide bonds. The van der Waals surface area contributed by atoms with Gasteiger partial charge >= 0.3 is 5.97 Å². The minimum Gasteiger partial charge on any atom is -0.497 e. The third-order valence-corrected chi connectivity index (χ3v) is 2.91. The Morgan fingerprint density at radius 3 is 2.70 bits per heavy atom. The number of carbonyl (C=O) groups excluding carboxylic acids is 1. The Balaban J connectivity index is 2.02. The minimum atomic E-state index is -0.549. The highest BCUT2D eigenvalue weighted by atomic mass is 19.1. The molecule has 0 spiro atoms. The van der Waals surface area contributed by atoms with Gasteiger partial charge in [0.15, 0.2) is 0 Å². The third-order valence-electron chi connectivity index (χ3n) is 2.91. The molecule has 2 aromatic rings. The lowest BCUT2D eigenvalue weighted by atomic mass is 10.1. The van der Waals surface area contributed by atoms with E-state index in [9.17, 15) is 9.18 Å². The van der Waals surface area contributed by atoms with Crippen LogP contribution in [0.2, 0.25) is 0 Å². The second-order valence-corrected chi connectivity index (χ2v) is 4.39. The van der Waals surface area contributed by atoms with Gasteiger partial charge in [0, 0.05) is 0 Å².